The van der Waals surface area contributed by atoms with Gasteiger partial charge in [-0.2, -0.15) is 0 Å². The highest BCUT2D eigenvalue weighted by molar-refractivity contribution is 6.43. The lowest BCUT2D eigenvalue weighted by Gasteiger charge is -2.24. The van der Waals surface area contributed by atoms with E-state index in [9.17, 15) is 19.6 Å². The average Bonchev–Trinajstić information content (AvgIpc) is 2.68. The van der Waals surface area contributed by atoms with E-state index >= 15 is 0 Å². The van der Waals surface area contributed by atoms with Crippen molar-refractivity contribution in [1.29, 1.82) is 0 Å². The Balaban J connectivity index is 2.16. The molecule has 1 aromatic heterocycles. The third-order valence-corrected chi connectivity index (χ3v) is 4.21. The highest BCUT2D eigenvalue weighted by Gasteiger charge is 2.30. The van der Waals surface area contributed by atoms with Crippen LogP contribution in [0.1, 0.15) is 36.3 Å². The Bertz CT molecular complexity index is 757. The number of benzene rings is 1. The van der Waals surface area contributed by atoms with E-state index in [0.717, 1.165) is 5.56 Å². The van der Waals surface area contributed by atoms with Crippen LogP contribution in [0.2, 0.25) is 0 Å². The van der Waals surface area contributed by atoms with E-state index in [1.807, 2.05) is 44.2 Å². The molecule has 2 rings (SSSR count). The van der Waals surface area contributed by atoms with Crippen LogP contribution in [-0.2, 0) is 11.2 Å². The molecule has 1 heterocycles. The molecule has 0 aliphatic heterocycles. The second-order valence-electron chi connectivity index (χ2n) is 7.09. The Morgan fingerprint density at radius 2 is 1.71 bits per heavy atom. The standard InChI is InChI=1S/C20H26BN3O4/c1-14(2)12-18(21(27)28)24-20(26)17(13-15-8-4-3-5-9-15)23-19(25)16-10-6-7-11-22-16/h3-11,14,17-18,27-28H,12-13H2,1-2H3,(H,23,25)(H,24,26)/t17-,18-/m0/s1. The predicted molar refractivity (Wildman–Crippen MR) is 107 cm³/mol. The second kappa shape index (κ2) is 10.6. The lowest BCUT2D eigenvalue weighted by atomic mass is 9.75. The summed E-state index contributed by atoms with van der Waals surface area (Å²) >= 11 is 0. The summed E-state index contributed by atoms with van der Waals surface area (Å²) in [6.45, 7) is 3.84. The van der Waals surface area contributed by atoms with E-state index in [2.05, 4.69) is 15.6 Å². The van der Waals surface area contributed by atoms with Crippen LogP contribution in [0.15, 0.2) is 54.7 Å². The molecule has 0 unspecified atom stereocenters. The topological polar surface area (TPSA) is 112 Å². The van der Waals surface area contributed by atoms with Crippen LogP contribution in [0.25, 0.3) is 0 Å². The summed E-state index contributed by atoms with van der Waals surface area (Å²) < 4.78 is 0. The molecular formula is C20H26BN3O4. The van der Waals surface area contributed by atoms with Crippen molar-refractivity contribution in [3.8, 4) is 0 Å². The van der Waals surface area contributed by atoms with E-state index < -0.39 is 30.9 Å². The zero-order valence-electron chi connectivity index (χ0n) is 16.1. The van der Waals surface area contributed by atoms with E-state index in [4.69, 9.17) is 0 Å². The number of hydrogen-bond donors (Lipinski definition) is 4. The minimum Gasteiger partial charge on any atom is -0.426 e. The Hall–Kier alpha value is -2.71. The SMILES string of the molecule is CC(C)C[C@H](NC(=O)[C@H](Cc1ccccc1)NC(=O)c1ccccn1)B(O)O. The highest BCUT2D eigenvalue weighted by atomic mass is 16.4. The second-order valence-corrected chi connectivity index (χ2v) is 7.09. The number of nitrogens with zero attached hydrogens (tertiary/aromatic N) is 1. The molecule has 0 radical (unpaired) electrons. The number of pyridine rings is 1. The number of nitrogens with one attached hydrogen (secondary N) is 2. The summed E-state index contributed by atoms with van der Waals surface area (Å²) in [6, 6.07) is 13.4. The molecule has 0 aliphatic carbocycles. The average molecular weight is 383 g/mol. The first kappa shape index (κ1) is 21.6. The lowest BCUT2D eigenvalue weighted by molar-refractivity contribution is -0.123. The molecule has 148 valence electrons. The Morgan fingerprint density at radius 1 is 1.04 bits per heavy atom. The van der Waals surface area contributed by atoms with E-state index in [0.29, 0.717) is 6.42 Å². The molecule has 0 bridgehead atoms. The number of rotatable bonds is 9. The molecule has 0 saturated heterocycles. The van der Waals surface area contributed by atoms with Crippen molar-refractivity contribution >= 4 is 18.9 Å². The van der Waals surface area contributed by atoms with E-state index in [1.165, 1.54) is 6.20 Å². The molecule has 0 fully saturated rings. The summed E-state index contributed by atoms with van der Waals surface area (Å²) in [6.07, 6.45) is 2.17. The number of amides is 2. The van der Waals surface area contributed by atoms with Crippen LogP contribution in [0, 0.1) is 5.92 Å². The number of carbonyl (C=O) groups excluding carboxylic acids is 2. The van der Waals surface area contributed by atoms with E-state index in [-0.39, 0.29) is 18.0 Å². The van der Waals surface area contributed by atoms with Crippen LogP contribution in [-0.4, -0.2) is 45.9 Å². The predicted octanol–water partition coefficient (Wildman–Crippen LogP) is 0.966. The van der Waals surface area contributed by atoms with Gasteiger partial charge in [-0.1, -0.05) is 50.2 Å². The molecule has 2 amide bonds. The summed E-state index contributed by atoms with van der Waals surface area (Å²) in [5, 5.41) is 24.5. The van der Waals surface area contributed by atoms with Gasteiger partial charge in [0.05, 0.1) is 5.94 Å². The Morgan fingerprint density at radius 3 is 2.29 bits per heavy atom. The third-order valence-electron chi connectivity index (χ3n) is 4.21. The largest absolute Gasteiger partial charge is 0.475 e. The van der Waals surface area contributed by atoms with Crippen molar-refractivity contribution in [2.45, 2.75) is 38.7 Å². The molecular weight excluding hydrogens is 357 g/mol. The molecule has 1 aromatic carbocycles. The van der Waals surface area contributed by atoms with Gasteiger partial charge in [0, 0.05) is 12.6 Å². The van der Waals surface area contributed by atoms with Gasteiger partial charge in [-0.15, -0.1) is 0 Å². The number of aromatic nitrogens is 1. The van der Waals surface area contributed by atoms with Gasteiger partial charge in [0.2, 0.25) is 5.91 Å². The summed E-state index contributed by atoms with van der Waals surface area (Å²) in [7, 11) is -1.68. The van der Waals surface area contributed by atoms with Crippen LogP contribution < -0.4 is 10.6 Å². The van der Waals surface area contributed by atoms with Gasteiger partial charge in [0.15, 0.2) is 0 Å². The fourth-order valence-electron chi connectivity index (χ4n) is 2.83. The van der Waals surface area contributed by atoms with Crippen molar-refractivity contribution in [2.75, 3.05) is 0 Å². The molecule has 8 heteroatoms. The monoisotopic (exact) mass is 383 g/mol. The van der Waals surface area contributed by atoms with Crippen LogP contribution in [0.5, 0.6) is 0 Å². The first-order chi connectivity index (χ1) is 13.4. The molecule has 2 atom stereocenters. The summed E-state index contributed by atoms with van der Waals surface area (Å²) in [4.78, 5) is 29.3. The number of carbonyl (C=O) groups is 2. The minimum atomic E-state index is -1.68. The first-order valence-corrected chi connectivity index (χ1v) is 9.29. The van der Waals surface area contributed by atoms with Gasteiger partial charge in [-0.3, -0.25) is 14.6 Å². The summed E-state index contributed by atoms with van der Waals surface area (Å²) in [5.74, 6) is -1.62. The molecule has 7 nitrogen and oxygen atoms in total. The third kappa shape index (κ3) is 6.79. The fourth-order valence-corrected chi connectivity index (χ4v) is 2.83. The molecule has 4 N–H and O–H groups in total. The van der Waals surface area contributed by atoms with Gasteiger partial charge < -0.3 is 20.7 Å². The highest BCUT2D eigenvalue weighted by Crippen LogP contribution is 2.09. The minimum absolute atomic E-state index is 0.155. The normalized spacial score (nSPS) is 12.9. The first-order valence-electron chi connectivity index (χ1n) is 9.29. The molecule has 2 aromatic rings. The van der Waals surface area contributed by atoms with Crippen molar-refractivity contribution in [3.05, 3.63) is 66.0 Å². The van der Waals surface area contributed by atoms with Crippen molar-refractivity contribution in [1.82, 2.24) is 15.6 Å². The maximum Gasteiger partial charge on any atom is 0.475 e. The number of hydrogen-bond acceptors (Lipinski definition) is 5. The fraction of sp³-hybridized carbons (Fsp3) is 0.350. The molecule has 0 aliphatic rings. The maximum absolute atomic E-state index is 12.8. The van der Waals surface area contributed by atoms with E-state index in [1.54, 1.807) is 18.2 Å². The van der Waals surface area contributed by atoms with Gasteiger partial charge in [0.1, 0.15) is 11.7 Å². The smallest absolute Gasteiger partial charge is 0.426 e. The van der Waals surface area contributed by atoms with Crippen LogP contribution in [0.4, 0.5) is 0 Å². The molecule has 28 heavy (non-hydrogen) atoms. The van der Waals surface area contributed by atoms with Crippen molar-refractivity contribution in [3.63, 3.8) is 0 Å². The molecule has 0 spiro atoms. The van der Waals surface area contributed by atoms with Crippen LogP contribution in [0.3, 0.4) is 0 Å². The van der Waals surface area contributed by atoms with Crippen molar-refractivity contribution < 1.29 is 19.6 Å². The zero-order valence-corrected chi connectivity index (χ0v) is 16.1. The zero-order chi connectivity index (χ0) is 20.5. The van der Waals surface area contributed by atoms with Gasteiger partial charge in [-0.25, -0.2) is 0 Å². The van der Waals surface area contributed by atoms with Gasteiger partial charge >= 0.3 is 7.12 Å². The summed E-state index contributed by atoms with van der Waals surface area (Å²) in [5.41, 5.74) is 1.07. The molecule has 0 saturated carbocycles. The van der Waals surface area contributed by atoms with Crippen molar-refractivity contribution in [2.24, 2.45) is 5.92 Å². The van der Waals surface area contributed by atoms with Crippen LogP contribution >= 0.6 is 0 Å². The quantitative estimate of drug-likeness (QED) is 0.482. The Kier molecular flexibility index (Phi) is 8.16. The Labute approximate surface area is 165 Å². The lowest BCUT2D eigenvalue weighted by Crippen LogP contribution is -2.55. The van der Waals surface area contributed by atoms with Gasteiger partial charge in [0.25, 0.3) is 5.91 Å². The van der Waals surface area contributed by atoms with Gasteiger partial charge in [-0.05, 0) is 30.0 Å². The maximum atomic E-state index is 12.8.